The number of nitrogens with zero attached hydrogens (tertiary/aromatic N) is 2. The Hall–Kier alpha value is -2.77. The summed E-state index contributed by atoms with van der Waals surface area (Å²) in [6, 6.07) is 15.2. The van der Waals surface area contributed by atoms with Gasteiger partial charge in [-0.1, -0.05) is 30.3 Å². The average Bonchev–Trinajstić information content (AvgIpc) is 3.15. The molecule has 0 saturated carbocycles. The maximum Gasteiger partial charge on any atom is 0.240 e. The highest BCUT2D eigenvalue weighted by molar-refractivity contribution is 7.89. The van der Waals surface area contributed by atoms with Crippen molar-refractivity contribution in [3.8, 4) is 5.69 Å². The molecule has 3 aromatic rings. The summed E-state index contributed by atoms with van der Waals surface area (Å²) in [6.07, 6.45) is 3.46. The first-order valence-corrected chi connectivity index (χ1v) is 9.14. The molecule has 0 radical (unpaired) electrons. The summed E-state index contributed by atoms with van der Waals surface area (Å²) in [6.45, 7) is 1.52. The summed E-state index contributed by atoms with van der Waals surface area (Å²) in [5, 5.41) is 4.18. The van der Waals surface area contributed by atoms with Crippen LogP contribution >= 0.6 is 0 Å². The molecule has 25 heavy (non-hydrogen) atoms. The normalized spacial score (nSPS) is 11.4. The third kappa shape index (κ3) is 3.84. The number of hydrogen-bond acceptors (Lipinski definition) is 4. The molecule has 1 aromatic heterocycles. The van der Waals surface area contributed by atoms with E-state index in [1.165, 1.54) is 19.1 Å². The van der Waals surface area contributed by atoms with Gasteiger partial charge in [-0.05, 0) is 36.8 Å². The molecule has 0 aliphatic rings. The fourth-order valence-corrected chi connectivity index (χ4v) is 3.49. The molecule has 7 heteroatoms. The van der Waals surface area contributed by atoms with Crippen LogP contribution in [0, 0.1) is 0 Å². The minimum absolute atomic E-state index is 0.0665. The molecular formula is C18H17N3O3S. The second-order valence-electron chi connectivity index (χ2n) is 5.49. The Labute approximate surface area is 146 Å². The fraction of sp³-hybridized carbons (Fsp3) is 0.111. The van der Waals surface area contributed by atoms with E-state index in [9.17, 15) is 13.2 Å². The van der Waals surface area contributed by atoms with Gasteiger partial charge in [0.05, 0.1) is 10.6 Å². The lowest BCUT2D eigenvalue weighted by molar-refractivity contribution is 0.101. The first kappa shape index (κ1) is 17.1. The smallest absolute Gasteiger partial charge is 0.240 e. The van der Waals surface area contributed by atoms with Gasteiger partial charge in [0.2, 0.25) is 10.0 Å². The van der Waals surface area contributed by atoms with Crippen molar-refractivity contribution < 1.29 is 13.2 Å². The molecule has 0 spiro atoms. The Morgan fingerprint density at radius 2 is 1.92 bits per heavy atom. The molecule has 0 fully saturated rings. The van der Waals surface area contributed by atoms with Gasteiger partial charge >= 0.3 is 0 Å². The lowest BCUT2D eigenvalue weighted by Gasteiger charge is -2.11. The summed E-state index contributed by atoms with van der Waals surface area (Å²) >= 11 is 0. The van der Waals surface area contributed by atoms with E-state index in [2.05, 4.69) is 9.82 Å². The van der Waals surface area contributed by atoms with Gasteiger partial charge in [0, 0.05) is 24.5 Å². The van der Waals surface area contributed by atoms with Gasteiger partial charge < -0.3 is 0 Å². The van der Waals surface area contributed by atoms with Crippen molar-refractivity contribution in [3.05, 3.63) is 78.1 Å². The van der Waals surface area contributed by atoms with Crippen LogP contribution in [0.2, 0.25) is 0 Å². The van der Waals surface area contributed by atoms with Gasteiger partial charge in [-0.2, -0.15) is 5.10 Å². The van der Waals surface area contributed by atoms with Gasteiger partial charge in [0.25, 0.3) is 0 Å². The quantitative estimate of drug-likeness (QED) is 0.689. The zero-order chi connectivity index (χ0) is 17.9. The van der Waals surface area contributed by atoms with Gasteiger partial charge in [-0.15, -0.1) is 0 Å². The number of para-hydroxylation sites is 1. The van der Waals surface area contributed by atoms with Gasteiger partial charge in [-0.3, -0.25) is 4.79 Å². The number of carbonyl (C=O) groups is 1. The molecular weight excluding hydrogens is 338 g/mol. The van der Waals surface area contributed by atoms with E-state index in [1.54, 1.807) is 35.3 Å². The van der Waals surface area contributed by atoms with Crippen molar-refractivity contribution in [2.45, 2.75) is 18.4 Å². The molecule has 128 valence electrons. The number of nitrogens with one attached hydrogen (secondary N) is 1. The summed E-state index contributed by atoms with van der Waals surface area (Å²) in [7, 11) is -3.73. The molecule has 0 amide bonds. The summed E-state index contributed by atoms with van der Waals surface area (Å²) in [5.74, 6) is -0.180. The Kier molecular flexibility index (Phi) is 4.78. The molecule has 6 nitrogen and oxygen atoms in total. The first-order valence-electron chi connectivity index (χ1n) is 7.66. The summed E-state index contributed by atoms with van der Waals surface area (Å²) in [5.41, 5.74) is 1.95. The SMILES string of the molecule is CC(=O)c1cccc(S(=O)(=O)NCc2ccccc2-n2cccn2)c1. The standard InChI is InChI=1S/C18H17N3O3S/c1-14(22)15-7-4-8-17(12-15)25(23,24)20-13-16-6-2-3-9-18(16)21-11-5-10-19-21/h2-12,20H,13H2,1H3. The molecule has 0 aliphatic heterocycles. The highest BCUT2D eigenvalue weighted by atomic mass is 32.2. The highest BCUT2D eigenvalue weighted by Crippen LogP contribution is 2.16. The van der Waals surface area contributed by atoms with Crippen LogP contribution in [0.15, 0.2) is 71.9 Å². The Morgan fingerprint density at radius 1 is 1.12 bits per heavy atom. The number of sulfonamides is 1. The van der Waals surface area contributed by atoms with Gasteiger partial charge in [0.1, 0.15) is 0 Å². The number of ketones is 1. The van der Waals surface area contributed by atoms with Crippen molar-refractivity contribution in [1.82, 2.24) is 14.5 Å². The Balaban J connectivity index is 1.84. The molecule has 0 aliphatic carbocycles. The van der Waals surface area contributed by atoms with E-state index in [-0.39, 0.29) is 17.2 Å². The van der Waals surface area contributed by atoms with E-state index >= 15 is 0 Å². The Morgan fingerprint density at radius 3 is 2.64 bits per heavy atom. The van der Waals surface area contributed by atoms with Crippen LogP contribution in [0.4, 0.5) is 0 Å². The first-order chi connectivity index (χ1) is 12.0. The maximum atomic E-state index is 12.5. The molecule has 1 N–H and O–H groups in total. The van der Waals surface area contributed by atoms with Crippen molar-refractivity contribution in [2.24, 2.45) is 0 Å². The predicted octanol–water partition coefficient (Wildman–Crippen LogP) is 2.55. The monoisotopic (exact) mass is 355 g/mol. The van der Waals surface area contributed by atoms with Crippen LogP contribution < -0.4 is 4.72 Å². The Bertz CT molecular complexity index is 996. The zero-order valence-corrected chi connectivity index (χ0v) is 14.4. The van der Waals surface area contributed by atoms with Gasteiger partial charge in [0.15, 0.2) is 5.78 Å². The van der Waals surface area contributed by atoms with Crippen LogP contribution in [0.5, 0.6) is 0 Å². The summed E-state index contributed by atoms with van der Waals surface area (Å²) < 4.78 is 29.3. The summed E-state index contributed by atoms with van der Waals surface area (Å²) in [4.78, 5) is 11.5. The van der Waals surface area contributed by atoms with Crippen molar-refractivity contribution >= 4 is 15.8 Å². The maximum absolute atomic E-state index is 12.5. The molecule has 1 heterocycles. The van der Waals surface area contributed by atoms with Gasteiger partial charge in [-0.25, -0.2) is 17.8 Å². The van der Waals surface area contributed by atoms with Crippen LogP contribution in [0.25, 0.3) is 5.69 Å². The topological polar surface area (TPSA) is 81.1 Å². The van der Waals surface area contributed by atoms with Crippen molar-refractivity contribution in [3.63, 3.8) is 0 Å². The van der Waals surface area contributed by atoms with Crippen molar-refractivity contribution in [1.29, 1.82) is 0 Å². The predicted molar refractivity (Wildman–Crippen MR) is 94.0 cm³/mol. The lowest BCUT2D eigenvalue weighted by atomic mass is 10.2. The molecule has 3 rings (SSSR count). The molecule has 0 saturated heterocycles. The number of benzene rings is 2. The number of Topliss-reactive ketones (excluding diaryl/α,β-unsaturated/α-hetero) is 1. The van der Waals surface area contributed by atoms with E-state index in [0.29, 0.717) is 5.56 Å². The number of carbonyl (C=O) groups excluding carboxylic acids is 1. The largest absolute Gasteiger partial charge is 0.295 e. The minimum Gasteiger partial charge on any atom is -0.295 e. The second kappa shape index (κ2) is 7.00. The highest BCUT2D eigenvalue weighted by Gasteiger charge is 2.16. The molecule has 0 unspecified atom stereocenters. The third-order valence-corrected chi connectivity index (χ3v) is 5.15. The lowest BCUT2D eigenvalue weighted by Crippen LogP contribution is -2.24. The third-order valence-electron chi connectivity index (χ3n) is 3.75. The molecule has 0 atom stereocenters. The molecule has 2 aromatic carbocycles. The second-order valence-corrected chi connectivity index (χ2v) is 7.25. The van der Waals surface area contributed by atoms with Crippen LogP contribution in [-0.4, -0.2) is 24.0 Å². The van der Waals surface area contributed by atoms with E-state index < -0.39 is 10.0 Å². The van der Waals surface area contributed by atoms with E-state index in [4.69, 9.17) is 0 Å². The van der Waals surface area contributed by atoms with E-state index in [1.807, 2.05) is 24.3 Å². The van der Waals surface area contributed by atoms with Crippen LogP contribution in [0.3, 0.4) is 0 Å². The van der Waals surface area contributed by atoms with Crippen molar-refractivity contribution in [2.75, 3.05) is 0 Å². The van der Waals surface area contributed by atoms with Crippen LogP contribution in [0.1, 0.15) is 22.8 Å². The fourth-order valence-electron chi connectivity index (χ4n) is 2.43. The average molecular weight is 355 g/mol. The zero-order valence-electron chi connectivity index (χ0n) is 13.6. The van der Waals surface area contributed by atoms with E-state index in [0.717, 1.165) is 11.3 Å². The number of rotatable bonds is 6. The van der Waals surface area contributed by atoms with Crippen LogP contribution in [-0.2, 0) is 16.6 Å². The molecule has 0 bridgehead atoms. The minimum atomic E-state index is -3.73. The number of hydrogen-bond donors (Lipinski definition) is 1. The number of aromatic nitrogens is 2.